The molecule has 6 aliphatic carbocycles. The van der Waals surface area contributed by atoms with Crippen LogP contribution < -0.4 is 5.43 Å². The van der Waals surface area contributed by atoms with Gasteiger partial charge in [0.05, 0.1) is 15.9 Å². The highest BCUT2D eigenvalue weighted by molar-refractivity contribution is 14.1. The van der Waals surface area contributed by atoms with Gasteiger partial charge in [-0.2, -0.15) is 5.10 Å². The van der Waals surface area contributed by atoms with Gasteiger partial charge in [0.2, 0.25) is 0 Å². The van der Waals surface area contributed by atoms with E-state index in [4.69, 9.17) is 0 Å². The van der Waals surface area contributed by atoms with Crippen molar-refractivity contribution in [3.8, 4) is 0 Å². The first kappa shape index (κ1) is 15.3. The number of benzene rings is 1. The van der Waals surface area contributed by atoms with Crippen LogP contribution in [0.5, 0.6) is 0 Å². The lowest BCUT2D eigenvalue weighted by Gasteiger charge is -2.32. The predicted octanol–water partition coefficient (Wildman–Crippen LogP) is 3.46. The molecule has 0 saturated heterocycles. The Morgan fingerprint density at radius 3 is 2.50 bits per heavy atom. The number of halogens is 1. The van der Waals surface area contributed by atoms with Crippen molar-refractivity contribution in [1.82, 2.24) is 0 Å². The summed E-state index contributed by atoms with van der Waals surface area (Å²) < 4.78 is 0.758. The molecular formula is C17H15IN4O4. The lowest BCUT2D eigenvalue weighted by molar-refractivity contribution is -0.393. The van der Waals surface area contributed by atoms with Crippen molar-refractivity contribution in [2.75, 3.05) is 5.43 Å². The van der Waals surface area contributed by atoms with Gasteiger partial charge in [0.25, 0.3) is 5.69 Å². The zero-order chi connectivity index (χ0) is 17.9. The van der Waals surface area contributed by atoms with Crippen LogP contribution in [-0.4, -0.2) is 19.5 Å². The van der Waals surface area contributed by atoms with Crippen LogP contribution in [0.1, 0.15) is 6.42 Å². The van der Waals surface area contributed by atoms with Gasteiger partial charge in [-0.3, -0.25) is 25.7 Å². The summed E-state index contributed by atoms with van der Waals surface area (Å²) in [5.74, 6) is 5.89. The number of hydrazone groups is 1. The van der Waals surface area contributed by atoms with E-state index in [1.165, 1.54) is 24.3 Å². The summed E-state index contributed by atoms with van der Waals surface area (Å²) >= 11 is 2.65. The summed E-state index contributed by atoms with van der Waals surface area (Å²) in [6.45, 7) is 0. The number of nitro benzene ring substituents is 2. The molecule has 1 N–H and O–H groups in total. The molecular weight excluding hydrogens is 451 g/mol. The monoisotopic (exact) mass is 466 g/mol. The number of rotatable bonds is 4. The van der Waals surface area contributed by atoms with Crippen LogP contribution in [0.4, 0.5) is 17.1 Å². The van der Waals surface area contributed by atoms with E-state index >= 15 is 0 Å². The number of nitrogens with zero attached hydrogens (tertiary/aromatic N) is 3. The Balaban J connectivity index is 1.35. The van der Waals surface area contributed by atoms with Crippen LogP contribution in [-0.2, 0) is 0 Å². The van der Waals surface area contributed by atoms with Gasteiger partial charge in [-0.15, -0.1) is 0 Å². The summed E-state index contributed by atoms with van der Waals surface area (Å²) in [6, 6.07) is 3.65. The summed E-state index contributed by atoms with van der Waals surface area (Å²) in [5, 5.41) is 26.8. The van der Waals surface area contributed by atoms with Gasteiger partial charge in [-0.1, -0.05) is 22.6 Å². The first-order valence-corrected chi connectivity index (χ1v) is 10.1. The smallest absolute Gasteiger partial charge is 0.272 e. The van der Waals surface area contributed by atoms with Crippen molar-refractivity contribution >= 4 is 45.4 Å². The van der Waals surface area contributed by atoms with Gasteiger partial charge in [0.15, 0.2) is 0 Å². The highest BCUT2D eigenvalue weighted by Gasteiger charge is 2.82. The normalized spacial score (nSPS) is 46.8. The van der Waals surface area contributed by atoms with Crippen molar-refractivity contribution in [2.45, 2.75) is 10.3 Å². The van der Waals surface area contributed by atoms with E-state index < -0.39 is 9.85 Å². The summed E-state index contributed by atoms with van der Waals surface area (Å²) in [6.07, 6.45) is 1.34. The van der Waals surface area contributed by atoms with E-state index in [0.717, 1.165) is 45.5 Å². The highest BCUT2D eigenvalue weighted by atomic mass is 127. The standard InChI is InChI=1S/C17H15IN4O4/c18-16-12-6-4-7-10(12)15-14(16)11(6)13(7)17(15)20-19-8-2-1-5(21(23)24)3-9(8)22(25)26/h1-3,6-7,10-16,19H,4H2/t6-,7+,10-,11-,12-,13-,14-,15+,16+/m0/s1. The Labute approximate surface area is 161 Å². The summed E-state index contributed by atoms with van der Waals surface area (Å²) in [5.41, 5.74) is 3.72. The first-order valence-electron chi connectivity index (χ1n) is 8.89. The third-order valence-corrected chi connectivity index (χ3v) is 9.40. The van der Waals surface area contributed by atoms with Crippen LogP contribution in [0, 0.1) is 67.6 Å². The number of hydrogen-bond donors (Lipinski definition) is 1. The molecule has 1 aromatic rings. The highest BCUT2D eigenvalue weighted by Crippen LogP contribution is 2.82. The fraction of sp³-hybridized carbons (Fsp3) is 0.588. The quantitative estimate of drug-likeness (QED) is 0.316. The third kappa shape index (κ3) is 1.55. The molecule has 7 rings (SSSR count). The molecule has 26 heavy (non-hydrogen) atoms. The van der Waals surface area contributed by atoms with Crippen molar-refractivity contribution in [3.63, 3.8) is 0 Å². The van der Waals surface area contributed by atoms with Gasteiger partial charge in [0.1, 0.15) is 5.69 Å². The topological polar surface area (TPSA) is 111 Å². The zero-order valence-corrected chi connectivity index (χ0v) is 15.6. The molecule has 9 heteroatoms. The fourth-order valence-corrected chi connectivity index (χ4v) is 9.32. The number of hydrogen-bond acceptors (Lipinski definition) is 6. The van der Waals surface area contributed by atoms with Crippen LogP contribution in [0.3, 0.4) is 0 Å². The van der Waals surface area contributed by atoms with Crippen molar-refractivity contribution in [3.05, 3.63) is 38.4 Å². The number of anilines is 1. The molecule has 0 heterocycles. The van der Waals surface area contributed by atoms with E-state index in [1.54, 1.807) is 0 Å². The minimum Gasteiger partial charge on any atom is -0.272 e. The van der Waals surface area contributed by atoms with Crippen molar-refractivity contribution in [2.24, 2.45) is 52.4 Å². The molecule has 0 radical (unpaired) electrons. The number of nitro groups is 2. The second kappa shape index (κ2) is 4.73. The van der Waals surface area contributed by atoms with E-state index in [1.807, 2.05) is 0 Å². The second-order valence-electron chi connectivity index (χ2n) is 8.23. The van der Waals surface area contributed by atoms with Gasteiger partial charge in [-0.25, -0.2) is 0 Å². The van der Waals surface area contributed by atoms with Gasteiger partial charge >= 0.3 is 5.69 Å². The lowest BCUT2D eigenvalue weighted by Crippen LogP contribution is -2.30. The number of alkyl halides is 1. The molecule has 1 aromatic carbocycles. The maximum atomic E-state index is 11.3. The molecule has 9 atom stereocenters. The Hall–Kier alpha value is -1.78. The Kier molecular flexibility index (Phi) is 2.78. The van der Waals surface area contributed by atoms with Crippen molar-refractivity contribution < 1.29 is 9.85 Å². The van der Waals surface area contributed by atoms with Crippen LogP contribution in [0.25, 0.3) is 0 Å². The Morgan fingerprint density at radius 2 is 1.81 bits per heavy atom. The minimum absolute atomic E-state index is 0.220. The van der Waals surface area contributed by atoms with E-state index in [-0.39, 0.29) is 17.1 Å². The molecule has 0 aliphatic heterocycles. The molecule has 8 nitrogen and oxygen atoms in total. The Bertz CT molecular complexity index is 918. The Morgan fingerprint density at radius 1 is 1.04 bits per heavy atom. The molecule has 0 amide bonds. The first-order chi connectivity index (χ1) is 12.5. The van der Waals surface area contributed by atoms with Crippen LogP contribution >= 0.6 is 22.6 Å². The summed E-state index contributed by atoms with van der Waals surface area (Å²) in [4.78, 5) is 20.9. The molecule has 0 spiro atoms. The third-order valence-electron chi connectivity index (χ3n) is 7.73. The van der Waals surface area contributed by atoms with E-state index in [0.29, 0.717) is 11.8 Å². The number of non-ortho nitro benzene ring substituents is 1. The minimum atomic E-state index is -0.626. The molecule has 6 fully saturated rings. The van der Waals surface area contributed by atoms with E-state index in [2.05, 4.69) is 33.1 Å². The molecule has 0 unspecified atom stereocenters. The summed E-state index contributed by atoms with van der Waals surface area (Å²) in [7, 11) is 0. The maximum Gasteiger partial charge on any atom is 0.301 e. The zero-order valence-electron chi connectivity index (χ0n) is 13.5. The maximum absolute atomic E-state index is 11.3. The SMILES string of the molecule is O=[N+]([O-])c1ccc(NN=C2[C@H]3[C@H]4[C@H](I)[C@H]5[C@H]6C[C@@H]([C@H]2[C@H]64)[C@H]35)c([N+](=O)[O-])c1. The molecule has 134 valence electrons. The average molecular weight is 466 g/mol. The van der Waals surface area contributed by atoms with Gasteiger partial charge in [0, 0.05) is 27.5 Å². The largest absolute Gasteiger partial charge is 0.301 e. The van der Waals surface area contributed by atoms with Gasteiger partial charge < -0.3 is 0 Å². The molecule has 0 aromatic heterocycles. The number of nitrogens with one attached hydrogen (secondary N) is 1. The van der Waals surface area contributed by atoms with Gasteiger partial charge in [-0.05, 0) is 48.0 Å². The van der Waals surface area contributed by atoms with Crippen LogP contribution in [0.2, 0.25) is 0 Å². The molecule has 6 saturated carbocycles. The molecule has 6 aliphatic rings. The molecule has 6 bridgehead atoms. The lowest BCUT2D eigenvalue weighted by atomic mass is 9.71. The van der Waals surface area contributed by atoms with E-state index in [9.17, 15) is 20.2 Å². The second-order valence-corrected chi connectivity index (χ2v) is 9.67. The average Bonchev–Trinajstić information content (AvgIpc) is 3.35. The van der Waals surface area contributed by atoms with Crippen molar-refractivity contribution in [1.29, 1.82) is 0 Å². The fourth-order valence-electron chi connectivity index (χ4n) is 7.38. The van der Waals surface area contributed by atoms with Crippen LogP contribution in [0.15, 0.2) is 23.3 Å². The predicted molar refractivity (Wildman–Crippen MR) is 101 cm³/mol.